The Morgan fingerprint density at radius 1 is 1.12 bits per heavy atom. The van der Waals surface area contributed by atoms with Crippen molar-refractivity contribution in [2.75, 3.05) is 5.32 Å². The summed E-state index contributed by atoms with van der Waals surface area (Å²) in [6, 6.07) is 8.23. The van der Waals surface area contributed by atoms with Gasteiger partial charge in [0.05, 0.1) is 15.4 Å². The van der Waals surface area contributed by atoms with Crippen molar-refractivity contribution in [1.29, 1.82) is 0 Å². The van der Waals surface area contributed by atoms with Crippen LogP contribution in [0.15, 0.2) is 41.2 Å². The van der Waals surface area contributed by atoms with Crippen LogP contribution in [0.2, 0.25) is 10.0 Å². The molecule has 0 saturated carbocycles. The number of hydrogen-bond donors (Lipinski definition) is 3. The zero-order valence-corrected chi connectivity index (χ0v) is 17.9. The maximum absolute atomic E-state index is 12.8. The van der Waals surface area contributed by atoms with Crippen LogP contribution in [0.4, 0.5) is 10.5 Å². The molecule has 0 bridgehead atoms. The maximum atomic E-state index is 12.8. The van der Waals surface area contributed by atoms with Crippen LogP contribution in [0, 0.1) is 0 Å². The summed E-state index contributed by atoms with van der Waals surface area (Å²) in [6.07, 6.45) is 0.304. The molecule has 2 aromatic carbocycles. The average molecular weight is 475 g/mol. The fourth-order valence-electron chi connectivity index (χ4n) is 3.26. The summed E-state index contributed by atoms with van der Waals surface area (Å²) in [5, 5.41) is 16.4. The molecule has 2 heterocycles. The van der Waals surface area contributed by atoms with Crippen LogP contribution < -0.4 is 21.5 Å². The largest absolute Gasteiger partial charge is 0.334 e. The zero-order chi connectivity index (χ0) is 22.8. The summed E-state index contributed by atoms with van der Waals surface area (Å²) in [4.78, 5) is 48.3. The maximum Gasteiger partial charge on any atom is 0.319 e. The van der Waals surface area contributed by atoms with E-state index in [1.807, 2.05) is 0 Å². The molecule has 4 amide bonds. The van der Waals surface area contributed by atoms with Crippen molar-refractivity contribution in [3.05, 3.63) is 62.4 Å². The number of urea groups is 1. The Kier molecular flexibility index (Phi) is 6.06. The molecule has 1 atom stereocenters. The summed E-state index contributed by atoms with van der Waals surface area (Å²) in [7, 11) is 0. The van der Waals surface area contributed by atoms with Gasteiger partial charge >= 0.3 is 6.03 Å². The highest BCUT2D eigenvalue weighted by atomic mass is 35.5. The number of amides is 4. The SMILES string of the molecule is O=C1CCC(n2nnc3cc(CNC(=O)Nc4ccc(Cl)c(Cl)c4)ccc3c2=O)C(=O)N1. The van der Waals surface area contributed by atoms with Crippen molar-refractivity contribution >= 4 is 57.6 Å². The minimum absolute atomic E-state index is 0.122. The first-order chi connectivity index (χ1) is 15.3. The van der Waals surface area contributed by atoms with E-state index in [0.717, 1.165) is 4.68 Å². The van der Waals surface area contributed by atoms with Crippen LogP contribution >= 0.6 is 23.2 Å². The van der Waals surface area contributed by atoms with Crippen LogP contribution in [-0.4, -0.2) is 32.8 Å². The number of fused-ring (bicyclic) bond motifs is 1. The second-order valence-electron chi connectivity index (χ2n) is 7.09. The molecule has 0 aliphatic carbocycles. The van der Waals surface area contributed by atoms with Crippen LogP contribution in [0.3, 0.4) is 0 Å². The molecule has 4 rings (SSSR count). The number of piperidine rings is 1. The van der Waals surface area contributed by atoms with Gasteiger partial charge in [0, 0.05) is 18.7 Å². The van der Waals surface area contributed by atoms with E-state index in [9.17, 15) is 19.2 Å². The molecule has 1 aliphatic rings. The normalized spacial score (nSPS) is 16.0. The predicted octanol–water partition coefficient (Wildman–Crippen LogP) is 2.40. The third-order valence-corrected chi connectivity index (χ3v) is 5.62. The smallest absolute Gasteiger partial charge is 0.319 e. The summed E-state index contributed by atoms with van der Waals surface area (Å²) >= 11 is 11.8. The van der Waals surface area contributed by atoms with Crippen LogP contribution in [0.5, 0.6) is 0 Å². The first-order valence-corrected chi connectivity index (χ1v) is 10.3. The highest BCUT2D eigenvalue weighted by molar-refractivity contribution is 6.42. The second kappa shape index (κ2) is 8.93. The number of nitrogens with zero attached hydrogens (tertiary/aromatic N) is 3. The zero-order valence-electron chi connectivity index (χ0n) is 16.4. The molecule has 1 saturated heterocycles. The molecular formula is C20H16Cl2N6O4. The van der Waals surface area contributed by atoms with E-state index in [1.165, 1.54) is 6.07 Å². The Bertz CT molecular complexity index is 1310. The number of rotatable bonds is 4. The van der Waals surface area contributed by atoms with Gasteiger partial charge in [0.1, 0.15) is 11.6 Å². The lowest BCUT2D eigenvalue weighted by Crippen LogP contribution is -2.45. The summed E-state index contributed by atoms with van der Waals surface area (Å²) in [5.74, 6) is -0.959. The van der Waals surface area contributed by atoms with Gasteiger partial charge in [0.2, 0.25) is 5.91 Å². The van der Waals surface area contributed by atoms with Crippen LogP contribution in [0.1, 0.15) is 24.4 Å². The highest BCUT2D eigenvalue weighted by Gasteiger charge is 2.30. The van der Waals surface area contributed by atoms with Gasteiger partial charge in [-0.1, -0.05) is 34.5 Å². The quantitative estimate of drug-likeness (QED) is 0.496. The number of benzene rings is 2. The number of anilines is 1. The van der Waals surface area contributed by atoms with Crippen LogP contribution in [-0.2, 0) is 16.1 Å². The first kappa shape index (κ1) is 21.7. The van der Waals surface area contributed by atoms with Crippen molar-refractivity contribution in [3.8, 4) is 0 Å². The van der Waals surface area contributed by atoms with E-state index >= 15 is 0 Å². The topological polar surface area (TPSA) is 135 Å². The van der Waals surface area contributed by atoms with Crippen LogP contribution in [0.25, 0.3) is 10.9 Å². The van der Waals surface area contributed by atoms with Gasteiger partial charge in [-0.05, 0) is 42.3 Å². The van der Waals surface area contributed by atoms with E-state index in [0.29, 0.717) is 26.8 Å². The number of aromatic nitrogens is 3. The van der Waals surface area contributed by atoms with Gasteiger partial charge in [-0.3, -0.25) is 19.7 Å². The Balaban J connectivity index is 1.46. The van der Waals surface area contributed by atoms with E-state index in [1.54, 1.807) is 30.3 Å². The Hall–Kier alpha value is -3.50. The van der Waals surface area contributed by atoms with Gasteiger partial charge < -0.3 is 10.6 Å². The van der Waals surface area contributed by atoms with E-state index in [-0.39, 0.29) is 30.7 Å². The van der Waals surface area contributed by atoms with Gasteiger partial charge in [0.15, 0.2) is 0 Å². The van der Waals surface area contributed by atoms with Gasteiger partial charge in [-0.2, -0.15) is 4.68 Å². The third-order valence-electron chi connectivity index (χ3n) is 4.89. The second-order valence-corrected chi connectivity index (χ2v) is 7.91. The summed E-state index contributed by atoms with van der Waals surface area (Å²) in [5.41, 5.74) is 1.01. The highest BCUT2D eigenvalue weighted by Crippen LogP contribution is 2.25. The molecule has 10 nitrogen and oxygen atoms in total. The molecule has 164 valence electrons. The molecule has 0 radical (unpaired) electrons. The number of carbonyl (C=O) groups excluding carboxylic acids is 3. The average Bonchev–Trinajstić information content (AvgIpc) is 2.76. The Morgan fingerprint density at radius 2 is 1.94 bits per heavy atom. The fraction of sp³-hybridized carbons (Fsp3) is 0.200. The first-order valence-electron chi connectivity index (χ1n) is 9.53. The fourth-order valence-corrected chi connectivity index (χ4v) is 3.56. The van der Waals surface area contributed by atoms with E-state index in [2.05, 4.69) is 26.3 Å². The molecule has 1 aromatic heterocycles. The third kappa shape index (κ3) is 4.56. The standard InChI is InChI=1S/C20H16Cl2N6O4/c21-13-4-2-11(8-14(13)22)24-20(32)23-9-10-1-3-12-15(7-10)26-27-28(19(12)31)16-5-6-17(29)25-18(16)30/h1-4,7-8,16H,5-6,9H2,(H2,23,24,32)(H,25,29,30). The Labute approximate surface area is 190 Å². The molecule has 12 heteroatoms. The van der Waals surface area contributed by atoms with E-state index < -0.39 is 23.5 Å². The van der Waals surface area contributed by atoms with Crippen molar-refractivity contribution < 1.29 is 14.4 Å². The minimum Gasteiger partial charge on any atom is -0.334 e. The van der Waals surface area contributed by atoms with Crippen molar-refractivity contribution in [2.45, 2.75) is 25.4 Å². The number of halogens is 2. The van der Waals surface area contributed by atoms with Gasteiger partial charge in [-0.15, -0.1) is 5.10 Å². The minimum atomic E-state index is -0.886. The predicted molar refractivity (Wildman–Crippen MR) is 118 cm³/mol. The van der Waals surface area contributed by atoms with Crippen molar-refractivity contribution in [1.82, 2.24) is 25.6 Å². The summed E-state index contributed by atoms with van der Waals surface area (Å²) in [6.45, 7) is 0.168. The molecule has 1 unspecified atom stereocenters. The van der Waals surface area contributed by atoms with E-state index in [4.69, 9.17) is 23.2 Å². The molecule has 1 fully saturated rings. The Morgan fingerprint density at radius 3 is 2.69 bits per heavy atom. The van der Waals surface area contributed by atoms with Crippen molar-refractivity contribution in [3.63, 3.8) is 0 Å². The lowest BCUT2D eigenvalue weighted by atomic mass is 10.1. The van der Waals surface area contributed by atoms with Crippen molar-refractivity contribution in [2.24, 2.45) is 0 Å². The lowest BCUT2D eigenvalue weighted by molar-refractivity contribution is -0.136. The molecular weight excluding hydrogens is 459 g/mol. The molecule has 3 aromatic rings. The molecule has 32 heavy (non-hydrogen) atoms. The summed E-state index contributed by atoms with van der Waals surface area (Å²) < 4.78 is 0.993. The number of hydrogen-bond acceptors (Lipinski definition) is 6. The van der Waals surface area contributed by atoms with Gasteiger partial charge in [-0.25, -0.2) is 4.79 Å². The molecule has 3 N–H and O–H groups in total. The lowest BCUT2D eigenvalue weighted by Gasteiger charge is -2.21. The monoisotopic (exact) mass is 474 g/mol. The molecule has 0 spiro atoms. The van der Waals surface area contributed by atoms with Gasteiger partial charge in [0.25, 0.3) is 11.5 Å². The molecule has 1 aliphatic heterocycles. The number of imide groups is 1. The number of nitrogens with one attached hydrogen (secondary N) is 3. The number of carbonyl (C=O) groups is 3.